The van der Waals surface area contributed by atoms with Crippen LogP contribution in [0.3, 0.4) is 0 Å². The Balaban J connectivity index is 1.53. The molecule has 0 bridgehead atoms. The van der Waals surface area contributed by atoms with E-state index in [-0.39, 0.29) is 53.6 Å². The number of amides is 1. The standard InChI is InChI=1S/C28H27N3O8/c1-17(2)27(36)38-14-12-29-28(37)39-13-11-18-7-9-19(10-8-18)30-31-22-15-21(24(33)16-25(22)34)26(35)20-5-3-4-6-23(20)32/h3-10,15-16,32-34H,1,11-14H2,2H3,(H,29,37)/b31-30+. The molecule has 3 aromatic carbocycles. The SMILES string of the molecule is C=C(C)C(=O)OCCNC(=O)OCCc1ccc(/N=N/c2cc(C(=O)c3ccccc3O)c(O)cc2O)cc1. The minimum Gasteiger partial charge on any atom is -0.507 e. The highest BCUT2D eigenvalue weighted by molar-refractivity contribution is 6.12. The lowest BCUT2D eigenvalue weighted by atomic mass is 10.0. The molecular formula is C28H27N3O8. The first-order valence-electron chi connectivity index (χ1n) is 11.8. The molecule has 0 radical (unpaired) electrons. The molecule has 0 spiro atoms. The summed E-state index contributed by atoms with van der Waals surface area (Å²) in [7, 11) is 0. The molecule has 11 heteroatoms. The first kappa shape index (κ1) is 28.4. The number of nitrogens with one attached hydrogen (secondary N) is 1. The van der Waals surface area contributed by atoms with Gasteiger partial charge in [0, 0.05) is 18.1 Å². The van der Waals surface area contributed by atoms with Crippen LogP contribution >= 0.6 is 0 Å². The lowest BCUT2D eigenvalue weighted by Crippen LogP contribution is -2.29. The maximum atomic E-state index is 12.8. The van der Waals surface area contributed by atoms with Crippen molar-refractivity contribution in [2.75, 3.05) is 19.8 Å². The summed E-state index contributed by atoms with van der Waals surface area (Å²) in [4.78, 5) is 35.7. The van der Waals surface area contributed by atoms with Gasteiger partial charge in [-0.3, -0.25) is 4.79 Å². The molecule has 0 saturated heterocycles. The Bertz CT molecular complexity index is 1400. The Morgan fingerprint density at radius 3 is 2.26 bits per heavy atom. The maximum Gasteiger partial charge on any atom is 0.407 e. The second kappa shape index (κ2) is 13.4. The van der Waals surface area contributed by atoms with E-state index in [0.29, 0.717) is 12.1 Å². The number of azo groups is 1. The molecule has 0 heterocycles. The van der Waals surface area contributed by atoms with E-state index in [0.717, 1.165) is 11.6 Å². The van der Waals surface area contributed by atoms with Gasteiger partial charge in [0.25, 0.3) is 0 Å². The van der Waals surface area contributed by atoms with Crippen LogP contribution in [-0.4, -0.2) is 52.9 Å². The largest absolute Gasteiger partial charge is 0.507 e. The zero-order valence-electron chi connectivity index (χ0n) is 21.1. The predicted molar refractivity (Wildman–Crippen MR) is 141 cm³/mol. The Kier molecular flexibility index (Phi) is 9.74. The number of rotatable bonds is 11. The number of phenols is 3. The number of ketones is 1. The summed E-state index contributed by atoms with van der Waals surface area (Å²) in [6.07, 6.45) is -0.202. The summed E-state index contributed by atoms with van der Waals surface area (Å²) in [5, 5.41) is 40.8. The van der Waals surface area contributed by atoms with Crippen molar-refractivity contribution in [3.8, 4) is 17.2 Å². The number of hydrogen-bond acceptors (Lipinski definition) is 10. The molecule has 1 amide bonds. The van der Waals surface area contributed by atoms with E-state index in [2.05, 4.69) is 22.1 Å². The topological polar surface area (TPSA) is 167 Å². The van der Waals surface area contributed by atoms with Crippen LogP contribution in [0.2, 0.25) is 0 Å². The van der Waals surface area contributed by atoms with Crippen LogP contribution in [0.25, 0.3) is 0 Å². The quantitative estimate of drug-likeness (QED) is 0.0893. The van der Waals surface area contributed by atoms with Crippen LogP contribution < -0.4 is 5.32 Å². The van der Waals surface area contributed by atoms with E-state index < -0.39 is 23.6 Å². The van der Waals surface area contributed by atoms with Crippen LogP contribution in [0.5, 0.6) is 17.2 Å². The van der Waals surface area contributed by atoms with Gasteiger partial charge < -0.3 is 30.1 Å². The average molecular weight is 534 g/mol. The third-order valence-electron chi connectivity index (χ3n) is 5.27. The zero-order chi connectivity index (χ0) is 28.4. The number of aromatic hydroxyl groups is 3. The normalized spacial score (nSPS) is 10.7. The summed E-state index contributed by atoms with van der Waals surface area (Å²) in [5.41, 5.74) is 1.36. The molecule has 0 aliphatic carbocycles. The highest BCUT2D eigenvalue weighted by Crippen LogP contribution is 2.36. The van der Waals surface area contributed by atoms with Gasteiger partial charge in [-0.2, -0.15) is 5.11 Å². The van der Waals surface area contributed by atoms with Crippen LogP contribution in [0.4, 0.5) is 16.2 Å². The first-order chi connectivity index (χ1) is 18.7. The lowest BCUT2D eigenvalue weighted by molar-refractivity contribution is -0.138. The van der Waals surface area contributed by atoms with Crippen molar-refractivity contribution in [3.05, 3.63) is 89.5 Å². The summed E-state index contributed by atoms with van der Waals surface area (Å²) >= 11 is 0. The number of nitrogens with zero attached hydrogens (tertiary/aromatic N) is 2. The second-order valence-corrected chi connectivity index (χ2v) is 8.30. The third kappa shape index (κ3) is 8.15. The summed E-state index contributed by atoms with van der Waals surface area (Å²) < 4.78 is 9.95. The van der Waals surface area contributed by atoms with Crippen molar-refractivity contribution >= 4 is 29.2 Å². The smallest absolute Gasteiger partial charge is 0.407 e. The summed E-state index contributed by atoms with van der Waals surface area (Å²) in [6, 6.07) is 14.9. The maximum absolute atomic E-state index is 12.8. The molecular weight excluding hydrogens is 506 g/mol. The number of ether oxygens (including phenoxy) is 2. The molecule has 4 N–H and O–H groups in total. The number of esters is 1. The molecule has 0 aliphatic heterocycles. The minimum atomic E-state index is -0.645. The monoisotopic (exact) mass is 533 g/mol. The number of alkyl carbamates (subject to hydrolysis) is 1. The minimum absolute atomic E-state index is 0.00691. The van der Waals surface area contributed by atoms with Crippen molar-refractivity contribution in [1.29, 1.82) is 0 Å². The Morgan fingerprint density at radius 2 is 1.56 bits per heavy atom. The molecule has 0 atom stereocenters. The van der Waals surface area contributed by atoms with Gasteiger partial charge in [-0.05, 0) is 42.8 Å². The Morgan fingerprint density at radius 1 is 0.846 bits per heavy atom. The van der Waals surface area contributed by atoms with Crippen molar-refractivity contribution in [3.63, 3.8) is 0 Å². The Labute approximate surface area is 224 Å². The molecule has 11 nitrogen and oxygen atoms in total. The summed E-state index contributed by atoms with van der Waals surface area (Å²) in [6.45, 7) is 5.22. The van der Waals surface area contributed by atoms with Gasteiger partial charge in [-0.1, -0.05) is 30.8 Å². The molecule has 3 rings (SSSR count). The van der Waals surface area contributed by atoms with Crippen molar-refractivity contribution < 1.29 is 39.2 Å². The van der Waals surface area contributed by atoms with Gasteiger partial charge in [0.2, 0.25) is 5.78 Å². The van der Waals surface area contributed by atoms with Crippen LogP contribution in [0.1, 0.15) is 28.4 Å². The van der Waals surface area contributed by atoms with E-state index in [1.165, 1.54) is 25.1 Å². The molecule has 0 fully saturated rings. The van der Waals surface area contributed by atoms with Gasteiger partial charge in [0.15, 0.2) is 0 Å². The number of phenolic OH excluding ortho intramolecular Hbond substituents is 3. The summed E-state index contributed by atoms with van der Waals surface area (Å²) in [5.74, 6) is -2.27. The third-order valence-corrected chi connectivity index (χ3v) is 5.27. The predicted octanol–water partition coefficient (Wildman–Crippen LogP) is 4.84. The molecule has 0 saturated carbocycles. The van der Waals surface area contributed by atoms with E-state index >= 15 is 0 Å². The highest BCUT2D eigenvalue weighted by atomic mass is 16.6. The van der Waals surface area contributed by atoms with E-state index in [1.807, 2.05) is 0 Å². The molecule has 39 heavy (non-hydrogen) atoms. The lowest BCUT2D eigenvalue weighted by Gasteiger charge is -2.08. The van der Waals surface area contributed by atoms with Gasteiger partial charge in [-0.25, -0.2) is 9.59 Å². The van der Waals surface area contributed by atoms with E-state index in [9.17, 15) is 29.7 Å². The molecule has 3 aromatic rings. The Hall–Kier alpha value is -5.19. The van der Waals surface area contributed by atoms with E-state index in [1.54, 1.807) is 36.4 Å². The average Bonchev–Trinajstić information content (AvgIpc) is 2.91. The molecule has 0 unspecified atom stereocenters. The van der Waals surface area contributed by atoms with Gasteiger partial charge in [0.05, 0.1) is 30.0 Å². The number of hydrogen-bond donors (Lipinski definition) is 4. The van der Waals surface area contributed by atoms with Crippen molar-refractivity contribution in [2.45, 2.75) is 13.3 Å². The number of carbonyl (C=O) groups excluding carboxylic acids is 3. The number of benzene rings is 3. The highest BCUT2D eigenvalue weighted by Gasteiger charge is 2.19. The first-order valence-corrected chi connectivity index (χ1v) is 11.8. The number of carbonyl (C=O) groups is 3. The van der Waals surface area contributed by atoms with Crippen molar-refractivity contribution in [2.24, 2.45) is 10.2 Å². The molecule has 202 valence electrons. The molecule has 0 aromatic heterocycles. The second-order valence-electron chi connectivity index (χ2n) is 8.30. The van der Waals surface area contributed by atoms with Gasteiger partial charge in [-0.15, -0.1) is 5.11 Å². The van der Waals surface area contributed by atoms with Crippen LogP contribution in [0, 0.1) is 0 Å². The van der Waals surface area contributed by atoms with Gasteiger partial charge >= 0.3 is 12.1 Å². The zero-order valence-corrected chi connectivity index (χ0v) is 21.1. The fourth-order valence-corrected chi connectivity index (χ4v) is 3.21. The fraction of sp³-hybridized carbons (Fsp3) is 0.179. The molecule has 0 aliphatic rings. The van der Waals surface area contributed by atoms with Crippen LogP contribution in [-0.2, 0) is 20.7 Å². The van der Waals surface area contributed by atoms with Crippen LogP contribution in [0.15, 0.2) is 83.0 Å². The fourth-order valence-electron chi connectivity index (χ4n) is 3.21. The van der Waals surface area contributed by atoms with E-state index in [4.69, 9.17) is 9.47 Å². The number of para-hydroxylation sites is 1. The van der Waals surface area contributed by atoms with Crippen molar-refractivity contribution in [1.82, 2.24) is 5.32 Å². The van der Waals surface area contributed by atoms with Gasteiger partial charge in [0.1, 0.15) is 29.5 Å².